The van der Waals surface area contributed by atoms with E-state index in [1.54, 1.807) is 70.7 Å². The molecular formula is C54H45Cl5N4O14S2. The van der Waals surface area contributed by atoms with E-state index in [1.165, 1.54) is 30.3 Å². The smallest absolute Gasteiger partial charge is 0.326 e. The van der Waals surface area contributed by atoms with Gasteiger partial charge in [-0.2, -0.15) is 0 Å². The van der Waals surface area contributed by atoms with Crippen LogP contribution in [0.3, 0.4) is 0 Å². The Kier molecular flexibility index (Phi) is 17.6. The monoisotopic (exact) mass is 1210 g/mol. The molecule has 7 aromatic rings. The predicted molar refractivity (Wildman–Crippen MR) is 294 cm³/mol. The molecule has 2 aromatic heterocycles. The second-order valence-electron chi connectivity index (χ2n) is 18.6. The number of carbonyl (C=O) groups is 6. The van der Waals surface area contributed by atoms with E-state index in [-0.39, 0.29) is 84.7 Å². The molecule has 4 heterocycles. The number of carbonyl (C=O) groups excluding carboxylic acids is 4. The quantitative estimate of drug-likeness (QED) is 0.0791. The lowest BCUT2D eigenvalue weighted by molar-refractivity contribution is -0.140. The van der Waals surface area contributed by atoms with E-state index in [9.17, 15) is 55.8 Å². The first kappa shape index (κ1) is 58.2. The molecule has 0 fully saturated rings. The molecule has 2 aliphatic heterocycles. The molecular weight excluding hydrogens is 1170 g/mol. The normalized spacial score (nSPS) is 14.0. The number of hydrogen-bond acceptors (Lipinski definition) is 12. The number of hydrogen-bond donors (Lipinski definition) is 4. The van der Waals surface area contributed by atoms with Crippen LogP contribution in [0.2, 0.25) is 25.1 Å². The fraction of sp³-hybridized carbons (Fsp3) is 0.222. The molecule has 79 heavy (non-hydrogen) atoms. The number of benzene rings is 5. The first-order chi connectivity index (χ1) is 37.3. The van der Waals surface area contributed by atoms with Gasteiger partial charge in [-0.1, -0.05) is 76.2 Å². The van der Waals surface area contributed by atoms with Gasteiger partial charge in [-0.25, -0.2) is 26.4 Å². The summed E-state index contributed by atoms with van der Waals surface area (Å²) in [6.07, 6.45) is 3.81. The van der Waals surface area contributed by atoms with E-state index >= 15 is 0 Å². The van der Waals surface area contributed by atoms with Gasteiger partial charge in [-0.15, -0.1) is 0 Å². The fourth-order valence-electron chi connectivity index (χ4n) is 8.98. The van der Waals surface area contributed by atoms with E-state index in [2.05, 4.69) is 10.6 Å². The minimum Gasteiger partial charge on any atom is -0.480 e. The van der Waals surface area contributed by atoms with Gasteiger partial charge in [0.25, 0.3) is 23.6 Å². The number of carboxylic acids is 2. The highest BCUT2D eigenvalue weighted by atomic mass is 35.5. The summed E-state index contributed by atoms with van der Waals surface area (Å²) < 4.78 is 57.6. The van der Waals surface area contributed by atoms with Crippen molar-refractivity contribution < 1.29 is 64.7 Å². The molecule has 0 saturated carbocycles. The third-order valence-electron chi connectivity index (χ3n) is 13.0. The summed E-state index contributed by atoms with van der Waals surface area (Å²) in [7, 11) is -7.11. The minimum absolute atomic E-state index is 0.00551. The molecule has 0 aliphatic carbocycles. The molecule has 0 spiro atoms. The first-order valence-corrected chi connectivity index (χ1v) is 29.4. The largest absolute Gasteiger partial charge is 0.480 e. The lowest BCUT2D eigenvalue weighted by atomic mass is 9.95. The van der Waals surface area contributed by atoms with Crippen LogP contribution in [0.4, 0.5) is 0 Å². The number of furan rings is 2. The van der Waals surface area contributed by atoms with Crippen molar-refractivity contribution in [1.29, 1.82) is 0 Å². The van der Waals surface area contributed by atoms with Crippen molar-refractivity contribution in [3.8, 4) is 0 Å². The molecule has 4 amide bonds. The Morgan fingerprint density at radius 1 is 0.620 bits per heavy atom. The van der Waals surface area contributed by atoms with Crippen LogP contribution in [-0.2, 0) is 68.0 Å². The number of amides is 4. The van der Waals surface area contributed by atoms with Gasteiger partial charge in [0.1, 0.15) is 23.4 Å². The van der Waals surface area contributed by atoms with Gasteiger partial charge in [-0.05, 0) is 120 Å². The average Bonchev–Trinajstić information content (AvgIpc) is 4.13. The van der Waals surface area contributed by atoms with Crippen LogP contribution >= 0.6 is 58.0 Å². The van der Waals surface area contributed by atoms with Crippen molar-refractivity contribution in [2.75, 3.05) is 25.6 Å². The minimum atomic E-state index is -3.62. The molecule has 0 saturated heterocycles. The second-order valence-corrected chi connectivity index (χ2v) is 24.5. The highest BCUT2D eigenvalue weighted by molar-refractivity contribution is 7.90. The number of rotatable bonds is 14. The summed E-state index contributed by atoms with van der Waals surface area (Å²) in [5.74, 6) is -4.58. The highest BCUT2D eigenvalue weighted by Gasteiger charge is 2.33. The summed E-state index contributed by atoms with van der Waals surface area (Å²) >= 11 is 32.0. The molecule has 0 radical (unpaired) electrons. The molecule has 412 valence electrons. The number of nitrogens with zero attached hydrogens (tertiary/aromatic N) is 2. The maximum absolute atomic E-state index is 13.2. The second kappa shape index (κ2) is 23.8. The van der Waals surface area contributed by atoms with Gasteiger partial charge in [0, 0.05) is 73.1 Å². The van der Waals surface area contributed by atoms with Crippen LogP contribution in [0.1, 0.15) is 75.0 Å². The van der Waals surface area contributed by atoms with Crippen molar-refractivity contribution in [2.24, 2.45) is 0 Å². The SMILES string of the molecule is CS(=O)(=O)c1ccc(C[C@H](NC(=O)c2c(Cl)cc3c(c2Cl)CCN(C(=O)c2ccc4ccoc4c2)C3)C(=O)O)o1.CS(=O)(=O)c1cccc(C[C@H](NC(=O)c2c(Cl)cc3c(c2Cl)CCN(C(=O)c2ccc(Cl)cc2)C3)C(=O)O)c1. The number of halogens is 5. The summed E-state index contributed by atoms with van der Waals surface area (Å²) in [4.78, 5) is 79.6. The Balaban J connectivity index is 0.000000208. The standard InChI is InChI=1S/C27H23Cl3N2O6S.C27H22Cl2N2O8S/c1-39(37,38)19-4-2-3-15(11-19)12-22(27(35)36)31-25(33)23-21(29)13-17-14-32(10-9-20(17)24(23)30)26(34)16-5-7-18(28)8-6-16;1-40(36,37)22-5-4-17(39-22)12-20(27(34)35)30-25(32)23-19(28)10-16-13-31(8-6-18(16)24(23)29)26(33)15-3-2-14-7-9-38-21(14)11-15/h2-8,11,13,22H,9-10,12,14H2,1H3,(H,31,33)(H,35,36);2-5,7,9-11,20H,6,8,12-13H2,1H3,(H,30,32)(H,34,35)/t22-;20-/m00/s1. The number of fused-ring (bicyclic) bond motifs is 3. The third kappa shape index (κ3) is 13.4. The zero-order valence-corrected chi connectivity index (χ0v) is 46.9. The molecule has 2 aliphatic rings. The number of carboxylic acid groups (broad SMARTS) is 2. The number of nitrogens with one attached hydrogen (secondary N) is 2. The lowest BCUT2D eigenvalue weighted by Crippen LogP contribution is -2.42. The van der Waals surface area contributed by atoms with E-state index in [0.717, 1.165) is 17.9 Å². The molecule has 0 bridgehead atoms. The van der Waals surface area contributed by atoms with E-state index in [4.69, 9.17) is 66.8 Å². The van der Waals surface area contributed by atoms with Crippen LogP contribution in [0, 0.1) is 0 Å². The van der Waals surface area contributed by atoms with Crippen LogP contribution in [0.15, 0.2) is 122 Å². The molecule has 25 heteroatoms. The Morgan fingerprint density at radius 2 is 1.15 bits per heavy atom. The summed E-state index contributed by atoms with van der Waals surface area (Å²) in [6, 6.07) is 22.3. The van der Waals surface area contributed by atoms with Crippen LogP contribution < -0.4 is 10.6 Å². The number of sulfone groups is 2. The van der Waals surface area contributed by atoms with Gasteiger partial charge in [0.15, 0.2) is 9.84 Å². The lowest BCUT2D eigenvalue weighted by Gasteiger charge is -2.30. The van der Waals surface area contributed by atoms with Gasteiger partial charge in [-0.3, -0.25) is 19.2 Å². The Labute approximate surface area is 476 Å². The average molecular weight is 1220 g/mol. The zero-order valence-electron chi connectivity index (χ0n) is 41.5. The van der Waals surface area contributed by atoms with E-state index in [0.29, 0.717) is 75.5 Å². The van der Waals surface area contributed by atoms with Crippen molar-refractivity contribution in [3.05, 3.63) is 184 Å². The van der Waals surface area contributed by atoms with Gasteiger partial charge in [0.05, 0.1) is 42.4 Å². The third-order valence-corrected chi connectivity index (χ3v) is 16.8. The fourth-order valence-corrected chi connectivity index (χ4v) is 11.9. The van der Waals surface area contributed by atoms with Crippen molar-refractivity contribution in [2.45, 2.75) is 60.8 Å². The van der Waals surface area contributed by atoms with Crippen LogP contribution in [-0.4, -0.2) is 110 Å². The van der Waals surface area contributed by atoms with Gasteiger partial charge >= 0.3 is 11.9 Å². The molecule has 5 aromatic carbocycles. The number of aliphatic carboxylic acids is 2. The van der Waals surface area contributed by atoms with Gasteiger partial charge in [0.2, 0.25) is 14.9 Å². The Morgan fingerprint density at radius 3 is 1.67 bits per heavy atom. The predicted octanol–water partition coefficient (Wildman–Crippen LogP) is 9.03. The van der Waals surface area contributed by atoms with Gasteiger partial charge < -0.3 is 39.5 Å². The maximum Gasteiger partial charge on any atom is 0.326 e. The zero-order chi connectivity index (χ0) is 57.2. The first-order valence-electron chi connectivity index (χ1n) is 23.7. The van der Waals surface area contributed by atoms with Crippen LogP contribution in [0.25, 0.3) is 11.0 Å². The topological polar surface area (TPSA) is 268 Å². The summed E-state index contributed by atoms with van der Waals surface area (Å²) in [5, 5.41) is 25.5. The van der Waals surface area contributed by atoms with Crippen LogP contribution in [0.5, 0.6) is 0 Å². The highest BCUT2D eigenvalue weighted by Crippen LogP contribution is 2.37. The Hall–Kier alpha value is -6.91. The van der Waals surface area contributed by atoms with Crippen molar-refractivity contribution in [3.63, 3.8) is 0 Å². The molecule has 4 N–H and O–H groups in total. The summed E-state index contributed by atoms with van der Waals surface area (Å²) in [5.41, 5.74) is 4.46. The molecule has 0 unspecified atom stereocenters. The molecule has 2 atom stereocenters. The summed E-state index contributed by atoms with van der Waals surface area (Å²) in [6.45, 7) is 1.13. The van der Waals surface area contributed by atoms with Crippen molar-refractivity contribution >= 4 is 124 Å². The Bertz CT molecular complexity index is 3850. The van der Waals surface area contributed by atoms with Crippen molar-refractivity contribution in [1.82, 2.24) is 20.4 Å². The van der Waals surface area contributed by atoms with E-state index < -0.39 is 55.5 Å². The molecule has 9 rings (SSSR count). The maximum atomic E-state index is 13.2. The molecule has 18 nitrogen and oxygen atoms in total. The van der Waals surface area contributed by atoms with E-state index in [1.807, 2.05) is 12.1 Å².